The highest BCUT2D eigenvalue weighted by Crippen LogP contribution is 2.34. The predicted molar refractivity (Wildman–Crippen MR) is 163 cm³/mol. The molecule has 2 aliphatic heterocycles. The van der Waals surface area contributed by atoms with Crippen LogP contribution in [-0.4, -0.2) is 52.7 Å². The number of carbonyl (C=O) groups excluding carboxylic acids is 3. The van der Waals surface area contributed by atoms with Crippen LogP contribution in [0.2, 0.25) is 0 Å². The van der Waals surface area contributed by atoms with E-state index in [1.807, 2.05) is 115 Å². The normalized spacial score (nSPS) is 17.5. The summed E-state index contributed by atoms with van der Waals surface area (Å²) in [5.74, 6) is -0.159. The van der Waals surface area contributed by atoms with E-state index in [-0.39, 0.29) is 0 Å². The third-order valence-corrected chi connectivity index (χ3v) is 8.01. The van der Waals surface area contributed by atoms with Gasteiger partial charge in [0.05, 0.1) is 18.9 Å². The van der Waals surface area contributed by atoms with Crippen LogP contribution in [0.3, 0.4) is 0 Å². The number of carbonyl (C=O) groups is 3. The van der Waals surface area contributed by atoms with Crippen LogP contribution in [0.4, 0.5) is 4.79 Å². The maximum absolute atomic E-state index is 14.1. The lowest BCUT2D eigenvalue weighted by molar-refractivity contribution is -0.140. The standard InChI is InChI=1S/C35H32N4O4/c1-43-29-19-17-28(18-20-29)31-21-30(27-15-9-4-10-16-27)37-39(31)32(40)24-38-33(41)35(36-34(38)42,22-25-11-5-2-6-12-25)23-26-13-7-3-8-14-26/h2-20,31H,21-24H2,1H3,(H,36,42)/t31-/m0/s1. The average Bonchev–Trinajstić information content (AvgIpc) is 3.58. The lowest BCUT2D eigenvalue weighted by atomic mass is 9.84. The summed E-state index contributed by atoms with van der Waals surface area (Å²) >= 11 is 0. The monoisotopic (exact) mass is 572 g/mol. The van der Waals surface area contributed by atoms with Crippen molar-refractivity contribution in [1.82, 2.24) is 15.2 Å². The SMILES string of the molecule is COc1ccc([C@@H]2CC(c3ccccc3)=NN2C(=O)CN2C(=O)NC(Cc3ccccc3)(Cc3ccccc3)C2=O)cc1. The number of hydrogen-bond acceptors (Lipinski definition) is 5. The zero-order chi connectivity index (χ0) is 29.8. The van der Waals surface area contributed by atoms with Gasteiger partial charge in [-0.25, -0.2) is 9.80 Å². The van der Waals surface area contributed by atoms with Gasteiger partial charge in [-0.15, -0.1) is 0 Å². The lowest BCUT2D eigenvalue weighted by Gasteiger charge is -2.28. The molecule has 0 aliphatic carbocycles. The number of nitrogens with zero attached hydrogens (tertiary/aromatic N) is 3. The van der Waals surface area contributed by atoms with Crippen molar-refractivity contribution in [3.05, 3.63) is 138 Å². The largest absolute Gasteiger partial charge is 0.497 e. The first-order valence-electron chi connectivity index (χ1n) is 14.3. The van der Waals surface area contributed by atoms with E-state index >= 15 is 0 Å². The van der Waals surface area contributed by atoms with E-state index in [4.69, 9.17) is 9.84 Å². The van der Waals surface area contributed by atoms with Gasteiger partial charge in [-0.3, -0.25) is 14.5 Å². The Kier molecular flexibility index (Phi) is 7.75. The Balaban J connectivity index is 1.29. The molecular weight excluding hydrogens is 540 g/mol. The molecule has 8 nitrogen and oxygen atoms in total. The molecule has 0 spiro atoms. The molecule has 1 atom stereocenters. The number of amides is 4. The minimum absolute atomic E-state index is 0.298. The number of imide groups is 1. The molecule has 1 N–H and O–H groups in total. The molecule has 4 amide bonds. The van der Waals surface area contributed by atoms with E-state index in [0.717, 1.165) is 32.9 Å². The Morgan fingerprint density at radius 3 is 1.95 bits per heavy atom. The van der Waals surface area contributed by atoms with Crippen LogP contribution in [-0.2, 0) is 22.4 Å². The number of hydrogen-bond donors (Lipinski definition) is 1. The molecule has 6 rings (SSSR count). The second-order valence-electron chi connectivity index (χ2n) is 10.9. The van der Waals surface area contributed by atoms with Gasteiger partial charge in [-0.1, -0.05) is 103 Å². The highest BCUT2D eigenvalue weighted by atomic mass is 16.5. The number of ether oxygens (including phenoxy) is 1. The van der Waals surface area contributed by atoms with Gasteiger partial charge in [0.15, 0.2) is 0 Å². The van der Waals surface area contributed by atoms with E-state index in [0.29, 0.717) is 25.0 Å². The number of nitrogens with one attached hydrogen (secondary N) is 1. The van der Waals surface area contributed by atoms with Gasteiger partial charge in [-0.2, -0.15) is 5.10 Å². The van der Waals surface area contributed by atoms with E-state index in [2.05, 4.69) is 5.32 Å². The number of hydrazone groups is 1. The maximum Gasteiger partial charge on any atom is 0.325 e. The van der Waals surface area contributed by atoms with Gasteiger partial charge < -0.3 is 10.1 Å². The molecule has 4 aromatic rings. The van der Waals surface area contributed by atoms with Gasteiger partial charge in [0, 0.05) is 19.3 Å². The summed E-state index contributed by atoms with van der Waals surface area (Å²) in [6.45, 7) is -0.422. The van der Waals surface area contributed by atoms with E-state index < -0.39 is 36.0 Å². The smallest absolute Gasteiger partial charge is 0.325 e. The Hall–Kier alpha value is -5.24. The fraction of sp³-hybridized carbons (Fsp3) is 0.200. The molecule has 0 radical (unpaired) electrons. The van der Waals surface area contributed by atoms with Crippen LogP contribution in [0, 0.1) is 0 Å². The molecule has 43 heavy (non-hydrogen) atoms. The van der Waals surface area contributed by atoms with Crippen molar-refractivity contribution in [3.8, 4) is 5.75 Å². The van der Waals surface area contributed by atoms with Crippen LogP contribution in [0.5, 0.6) is 5.75 Å². The molecule has 216 valence electrons. The average molecular weight is 573 g/mol. The van der Waals surface area contributed by atoms with Crippen LogP contribution >= 0.6 is 0 Å². The van der Waals surface area contributed by atoms with Gasteiger partial charge in [-0.05, 0) is 34.4 Å². The Morgan fingerprint density at radius 1 is 0.837 bits per heavy atom. The first-order valence-corrected chi connectivity index (χ1v) is 14.3. The van der Waals surface area contributed by atoms with E-state index in [1.54, 1.807) is 7.11 Å². The van der Waals surface area contributed by atoms with Gasteiger partial charge >= 0.3 is 6.03 Å². The predicted octanol–water partition coefficient (Wildman–Crippen LogP) is 5.15. The summed E-state index contributed by atoms with van der Waals surface area (Å²) in [7, 11) is 1.60. The van der Waals surface area contributed by atoms with Crippen LogP contribution in [0.1, 0.15) is 34.7 Å². The molecule has 4 aromatic carbocycles. The maximum atomic E-state index is 14.1. The first-order chi connectivity index (χ1) is 21.0. The second kappa shape index (κ2) is 11.9. The summed E-state index contributed by atoms with van der Waals surface area (Å²) < 4.78 is 5.32. The summed E-state index contributed by atoms with van der Waals surface area (Å²) in [6, 6.07) is 35.4. The molecular formula is C35H32N4O4. The minimum atomic E-state index is -1.22. The number of benzene rings is 4. The zero-order valence-corrected chi connectivity index (χ0v) is 23.9. The molecule has 1 fully saturated rings. The summed E-state index contributed by atoms with van der Waals surface area (Å²) in [5.41, 5.74) is 3.15. The summed E-state index contributed by atoms with van der Waals surface area (Å²) in [5, 5.41) is 9.11. The topological polar surface area (TPSA) is 91.3 Å². The van der Waals surface area contributed by atoms with Crippen LogP contribution in [0.25, 0.3) is 0 Å². The Labute approximate surface area is 250 Å². The Bertz CT molecular complexity index is 1600. The van der Waals surface area contributed by atoms with Gasteiger partial charge in [0.25, 0.3) is 11.8 Å². The van der Waals surface area contributed by atoms with Crippen molar-refractivity contribution < 1.29 is 19.1 Å². The van der Waals surface area contributed by atoms with Gasteiger partial charge in [0.2, 0.25) is 0 Å². The molecule has 0 bridgehead atoms. The van der Waals surface area contributed by atoms with Crippen molar-refractivity contribution in [2.45, 2.75) is 30.8 Å². The fourth-order valence-corrected chi connectivity index (χ4v) is 5.85. The first kappa shape index (κ1) is 27.9. The quantitative estimate of drug-likeness (QED) is 0.281. The highest BCUT2D eigenvalue weighted by Gasteiger charge is 2.52. The van der Waals surface area contributed by atoms with Crippen molar-refractivity contribution in [2.75, 3.05) is 13.7 Å². The zero-order valence-electron chi connectivity index (χ0n) is 23.9. The van der Waals surface area contributed by atoms with Crippen molar-refractivity contribution in [2.24, 2.45) is 5.10 Å². The third-order valence-electron chi connectivity index (χ3n) is 8.01. The summed E-state index contributed by atoms with van der Waals surface area (Å²) in [6.07, 6.45) is 1.09. The second-order valence-corrected chi connectivity index (χ2v) is 10.9. The van der Waals surface area contributed by atoms with Crippen molar-refractivity contribution >= 4 is 23.6 Å². The lowest BCUT2D eigenvalue weighted by Crippen LogP contribution is -2.51. The van der Waals surface area contributed by atoms with E-state index in [1.165, 1.54) is 5.01 Å². The molecule has 2 heterocycles. The summed E-state index contributed by atoms with van der Waals surface area (Å²) in [4.78, 5) is 42.5. The van der Waals surface area contributed by atoms with Crippen molar-refractivity contribution in [1.29, 1.82) is 0 Å². The Morgan fingerprint density at radius 2 is 1.40 bits per heavy atom. The molecule has 2 aliphatic rings. The number of methoxy groups -OCH3 is 1. The highest BCUT2D eigenvalue weighted by molar-refractivity contribution is 6.10. The number of urea groups is 1. The van der Waals surface area contributed by atoms with Gasteiger partial charge in [0.1, 0.15) is 17.8 Å². The number of rotatable bonds is 9. The third kappa shape index (κ3) is 5.77. The molecule has 0 aromatic heterocycles. The fourth-order valence-electron chi connectivity index (χ4n) is 5.85. The molecule has 0 saturated carbocycles. The molecule has 8 heteroatoms. The molecule has 0 unspecified atom stereocenters. The van der Waals surface area contributed by atoms with Crippen LogP contribution < -0.4 is 10.1 Å². The minimum Gasteiger partial charge on any atom is -0.497 e. The van der Waals surface area contributed by atoms with Crippen molar-refractivity contribution in [3.63, 3.8) is 0 Å². The van der Waals surface area contributed by atoms with Crippen LogP contribution in [0.15, 0.2) is 120 Å². The molecule has 1 saturated heterocycles. The van der Waals surface area contributed by atoms with E-state index in [9.17, 15) is 14.4 Å².